The van der Waals surface area contributed by atoms with Crippen molar-refractivity contribution < 1.29 is 0 Å². The van der Waals surface area contributed by atoms with E-state index < -0.39 is 0 Å². The van der Waals surface area contributed by atoms with Crippen molar-refractivity contribution in [3.05, 3.63) is 39.4 Å². The summed E-state index contributed by atoms with van der Waals surface area (Å²) in [7, 11) is 1.41. The van der Waals surface area contributed by atoms with E-state index in [1.807, 2.05) is 6.92 Å². The molecular formula is C9H11N2O2-. The Hall–Kier alpha value is -1.26. The number of hydrogen-bond acceptors (Lipinski definition) is 4. The molecule has 0 aliphatic rings. The Kier molecular flexibility index (Phi) is 3.11. The second-order valence-electron chi connectivity index (χ2n) is 3.01. The first kappa shape index (κ1) is 9.83. The van der Waals surface area contributed by atoms with Crippen LogP contribution in [0, 0.1) is 17.0 Å². The first-order valence-electron chi connectivity index (χ1n) is 3.94. The van der Waals surface area contributed by atoms with E-state index in [1.165, 1.54) is 7.05 Å². The molecule has 0 saturated heterocycles. The van der Waals surface area contributed by atoms with Crippen molar-refractivity contribution in [2.24, 2.45) is 5.18 Å². The smallest absolute Gasteiger partial charge is 0.112 e. The fourth-order valence-corrected chi connectivity index (χ4v) is 1.17. The average molecular weight is 179 g/mol. The van der Waals surface area contributed by atoms with E-state index in [2.05, 4.69) is 5.18 Å². The third-order valence-corrected chi connectivity index (χ3v) is 1.73. The zero-order chi connectivity index (χ0) is 9.84. The van der Waals surface area contributed by atoms with Crippen LogP contribution in [-0.2, 0) is 6.54 Å². The second-order valence-corrected chi connectivity index (χ2v) is 3.01. The van der Waals surface area contributed by atoms with Gasteiger partial charge in [-0.3, -0.25) is 0 Å². The van der Waals surface area contributed by atoms with Gasteiger partial charge in [0.2, 0.25) is 0 Å². The van der Waals surface area contributed by atoms with Crippen molar-refractivity contribution in [1.29, 1.82) is 0 Å². The van der Waals surface area contributed by atoms with Crippen molar-refractivity contribution in [3.8, 4) is 0 Å². The molecule has 0 saturated carbocycles. The molecule has 0 amide bonds. The number of hydrogen-bond donors (Lipinski definition) is 0. The first-order valence-corrected chi connectivity index (χ1v) is 3.94. The first-order chi connectivity index (χ1) is 6.13. The van der Waals surface area contributed by atoms with Crippen LogP contribution in [0.15, 0.2) is 23.4 Å². The van der Waals surface area contributed by atoms with Gasteiger partial charge in [0.1, 0.15) is 5.69 Å². The Morgan fingerprint density at radius 3 is 2.77 bits per heavy atom. The van der Waals surface area contributed by atoms with Gasteiger partial charge in [-0.05, 0) is 30.8 Å². The highest BCUT2D eigenvalue weighted by Crippen LogP contribution is 2.21. The molecule has 0 atom stereocenters. The topological polar surface area (TPSA) is 55.7 Å². The Bertz CT molecular complexity index is 310. The molecule has 0 aliphatic carbocycles. The van der Waals surface area contributed by atoms with Gasteiger partial charge in [-0.2, -0.15) is 0 Å². The summed E-state index contributed by atoms with van der Waals surface area (Å²) in [4.78, 5) is 10.3. The number of benzene rings is 1. The summed E-state index contributed by atoms with van der Waals surface area (Å²) in [5, 5.41) is 14.4. The minimum Gasteiger partial charge on any atom is -0.785 e. The number of rotatable bonds is 3. The molecule has 0 bridgehead atoms. The summed E-state index contributed by atoms with van der Waals surface area (Å²) < 4.78 is 0. The van der Waals surface area contributed by atoms with Gasteiger partial charge < -0.3 is 10.3 Å². The molecule has 1 aromatic rings. The van der Waals surface area contributed by atoms with Gasteiger partial charge in [0.15, 0.2) is 0 Å². The van der Waals surface area contributed by atoms with Crippen molar-refractivity contribution in [2.75, 3.05) is 7.05 Å². The predicted molar refractivity (Wildman–Crippen MR) is 51.5 cm³/mol. The zero-order valence-electron chi connectivity index (χ0n) is 7.65. The van der Waals surface area contributed by atoms with Gasteiger partial charge in [0, 0.05) is 6.54 Å². The molecule has 4 nitrogen and oxygen atoms in total. The summed E-state index contributed by atoms with van der Waals surface area (Å²) in [6.45, 7) is 2.10. The molecule has 0 aromatic heterocycles. The summed E-state index contributed by atoms with van der Waals surface area (Å²) >= 11 is 0. The van der Waals surface area contributed by atoms with Crippen molar-refractivity contribution in [2.45, 2.75) is 13.5 Å². The minimum absolute atomic E-state index is 0.197. The normalized spacial score (nSPS) is 10.5. The molecule has 0 spiro atoms. The highest BCUT2D eigenvalue weighted by Gasteiger charge is 2.01. The van der Waals surface area contributed by atoms with Crippen LogP contribution in [0.4, 0.5) is 5.69 Å². The molecule has 0 fully saturated rings. The molecule has 0 unspecified atom stereocenters. The molecule has 0 aliphatic heterocycles. The number of nitrogens with zero attached hydrogens (tertiary/aromatic N) is 2. The van der Waals surface area contributed by atoms with E-state index in [0.29, 0.717) is 11.3 Å². The standard InChI is InChI=1S/C9H11N2O2/c1-7-3-4-9(10-12)8(5-7)6-11(2)13/h3-5H,6H2,1-2H3/q-1. The monoisotopic (exact) mass is 179 g/mol. The lowest BCUT2D eigenvalue weighted by atomic mass is 10.1. The van der Waals surface area contributed by atoms with Crippen molar-refractivity contribution in [3.63, 3.8) is 0 Å². The minimum atomic E-state index is 0.197. The Labute approximate surface area is 76.7 Å². The maximum Gasteiger partial charge on any atom is 0.112 e. The van der Waals surface area contributed by atoms with E-state index in [0.717, 1.165) is 10.6 Å². The van der Waals surface area contributed by atoms with Crippen LogP contribution in [0.1, 0.15) is 11.1 Å². The number of nitroso groups, excluding NO2 is 1. The van der Waals surface area contributed by atoms with Crippen LogP contribution in [0.5, 0.6) is 0 Å². The molecule has 0 radical (unpaired) electrons. The lowest BCUT2D eigenvalue weighted by Crippen LogP contribution is -2.08. The molecule has 1 aromatic carbocycles. The SMILES string of the molecule is Cc1ccc(N=O)c(CN(C)[O-])c1. The lowest BCUT2D eigenvalue weighted by Gasteiger charge is -2.22. The van der Waals surface area contributed by atoms with Gasteiger partial charge in [-0.1, -0.05) is 17.7 Å². The highest BCUT2D eigenvalue weighted by atomic mass is 16.5. The van der Waals surface area contributed by atoms with Crippen LogP contribution >= 0.6 is 0 Å². The fraction of sp³-hybridized carbons (Fsp3) is 0.333. The van der Waals surface area contributed by atoms with Gasteiger partial charge in [-0.15, -0.1) is 4.91 Å². The lowest BCUT2D eigenvalue weighted by molar-refractivity contribution is 0.454. The predicted octanol–water partition coefficient (Wildman–Crippen LogP) is 2.32. The maximum absolute atomic E-state index is 10.8. The van der Waals surface area contributed by atoms with Gasteiger partial charge in [0.25, 0.3) is 0 Å². The van der Waals surface area contributed by atoms with Gasteiger partial charge in [-0.25, -0.2) is 0 Å². The van der Waals surface area contributed by atoms with E-state index >= 15 is 0 Å². The summed E-state index contributed by atoms with van der Waals surface area (Å²) in [6, 6.07) is 5.22. The average Bonchev–Trinajstić information content (AvgIpc) is 2.03. The highest BCUT2D eigenvalue weighted by molar-refractivity contribution is 5.47. The van der Waals surface area contributed by atoms with E-state index in [9.17, 15) is 10.1 Å². The molecular weight excluding hydrogens is 168 g/mol. The number of aryl methyl sites for hydroxylation is 1. The zero-order valence-corrected chi connectivity index (χ0v) is 7.65. The molecule has 13 heavy (non-hydrogen) atoms. The third-order valence-electron chi connectivity index (χ3n) is 1.73. The van der Waals surface area contributed by atoms with Crippen LogP contribution in [-0.4, -0.2) is 12.1 Å². The van der Waals surface area contributed by atoms with Crippen molar-refractivity contribution in [1.82, 2.24) is 5.06 Å². The van der Waals surface area contributed by atoms with Crippen LogP contribution in [0.3, 0.4) is 0 Å². The quantitative estimate of drug-likeness (QED) is 0.528. The second kappa shape index (κ2) is 4.11. The fourth-order valence-electron chi connectivity index (χ4n) is 1.17. The molecule has 4 heteroatoms. The Balaban J connectivity index is 3.01. The molecule has 70 valence electrons. The van der Waals surface area contributed by atoms with E-state index in [1.54, 1.807) is 18.2 Å². The van der Waals surface area contributed by atoms with E-state index in [-0.39, 0.29) is 6.54 Å². The number of hydroxylamine groups is 2. The van der Waals surface area contributed by atoms with Crippen LogP contribution in [0.25, 0.3) is 0 Å². The largest absolute Gasteiger partial charge is 0.785 e. The molecule has 0 heterocycles. The molecule has 0 N–H and O–H groups in total. The Morgan fingerprint density at radius 1 is 1.54 bits per heavy atom. The van der Waals surface area contributed by atoms with Crippen molar-refractivity contribution >= 4 is 5.69 Å². The van der Waals surface area contributed by atoms with E-state index in [4.69, 9.17) is 0 Å². The summed E-state index contributed by atoms with van der Waals surface area (Å²) in [6.07, 6.45) is 0. The molecule has 1 rings (SSSR count). The van der Waals surface area contributed by atoms with Gasteiger partial charge >= 0.3 is 0 Å². The third kappa shape index (κ3) is 2.61. The summed E-state index contributed by atoms with van der Waals surface area (Å²) in [5.41, 5.74) is 2.03. The van der Waals surface area contributed by atoms with Crippen LogP contribution < -0.4 is 0 Å². The summed E-state index contributed by atoms with van der Waals surface area (Å²) in [5.74, 6) is 0. The maximum atomic E-state index is 10.8. The van der Waals surface area contributed by atoms with Crippen LogP contribution in [0.2, 0.25) is 0 Å². The van der Waals surface area contributed by atoms with Gasteiger partial charge in [0.05, 0.1) is 0 Å². The Morgan fingerprint density at radius 2 is 2.23 bits per heavy atom.